The highest BCUT2D eigenvalue weighted by molar-refractivity contribution is 5.37. The molecule has 0 unspecified atom stereocenters. The normalized spacial score (nSPS) is 15.0. The summed E-state index contributed by atoms with van der Waals surface area (Å²) < 4.78 is 117. The zero-order valence-corrected chi connectivity index (χ0v) is 11.7. The smallest absolute Gasteiger partial charge is 0.386 e. The third-order valence-electron chi connectivity index (χ3n) is 3.07. The molecule has 0 spiro atoms. The van der Waals surface area contributed by atoms with Crippen molar-refractivity contribution in [3.05, 3.63) is 35.4 Å². The van der Waals surface area contributed by atoms with E-state index in [2.05, 4.69) is 0 Å². The fourth-order valence-electron chi connectivity index (χ4n) is 1.83. The Balaban J connectivity index is 3.60. The van der Waals surface area contributed by atoms with Crippen LogP contribution in [0.5, 0.6) is 0 Å². The molecule has 1 N–H and O–H groups in total. The molecular formula is C13H11F9O. The summed E-state index contributed by atoms with van der Waals surface area (Å²) in [7, 11) is 0. The molecule has 0 radical (unpaired) electrons. The van der Waals surface area contributed by atoms with E-state index in [9.17, 15) is 44.6 Å². The highest BCUT2D eigenvalue weighted by Gasteiger charge is 2.82. The highest BCUT2D eigenvalue weighted by atomic mass is 19.4. The van der Waals surface area contributed by atoms with Crippen LogP contribution < -0.4 is 0 Å². The van der Waals surface area contributed by atoms with Gasteiger partial charge in [-0.15, -0.1) is 0 Å². The lowest BCUT2D eigenvalue weighted by molar-refractivity contribution is -0.399. The fraction of sp³-hybridized carbons (Fsp3) is 0.538. The number of hydrogen-bond acceptors (Lipinski definition) is 1. The monoisotopic (exact) mass is 354 g/mol. The van der Waals surface area contributed by atoms with Crippen molar-refractivity contribution in [3.63, 3.8) is 0 Å². The Kier molecular flexibility index (Phi) is 4.50. The summed E-state index contributed by atoms with van der Waals surface area (Å²) in [5, 5.41) is 9.67. The van der Waals surface area contributed by atoms with Crippen LogP contribution in [-0.2, 0) is 11.5 Å². The SMILES string of the molecule is CC(C)(O)c1ccccc1C(F)(F)C(F)(F)C(F)(F)C(F)(F)F. The van der Waals surface area contributed by atoms with Gasteiger partial charge in [0.05, 0.1) is 5.60 Å². The first kappa shape index (κ1) is 19.6. The highest BCUT2D eigenvalue weighted by Crippen LogP contribution is 2.57. The van der Waals surface area contributed by atoms with E-state index >= 15 is 0 Å². The van der Waals surface area contributed by atoms with E-state index in [1.165, 1.54) is 0 Å². The molecule has 0 atom stereocenters. The van der Waals surface area contributed by atoms with Crippen LogP contribution in [0.4, 0.5) is 39.5 Å². The predicted octanol–water partition coefficient (Wildman–Crippen LogP) is 4.84. The van der Waals surface area contributed by atoms with Gasteiger partial charge in [0, 0.05) is 5.56 Å². The van der Waals surface area contributed by atoms with Crippen LogP contribution >= 0.6 is 0 Å². The lowest BCUT2D eigenvalue weighted by Gasteiger charge is -2.35. The van der Waals surface area contributed by atoms with Gasteiger partial charge in [-0.05, 0) is 19.4 Å². The zero-order chi connectivity index (χ0) is 18.5. The molecule has 1 nitrogen and oxygen atoms in total. The Morgan fingerprint density at radius 1 is 0.696 bits per heavy atom. The Morgan fingerprint density at radius 2 is 1.09 bits per heavy atom. The molecule has 0 aromatic heterocycles. The molecule has 0 heterocycles. The van der Waals surface area contributed by atoms with Gasteiger partial charge >= 0.3 is 23.9 Å². The van der Waals surface area contributed by atoms with Gasteiger partial charge in [0.2, 0.25) is 0 Å². The van der Waals surface area contributed by atoms with E-state index in [4.69, 9.17) is 0 Å². The van der Waals surface area contributed by atoms with Gasteiger partial charge in [-0.25, -0.2) is 0 Å². The van der Waals surface area contributed by atoms with Crippen LogP contribution in [0.15, 0.2) is 24.3 Å². The molecule has 0 aliphatic rings. The van der Waals surface area contributed by atoms with Crippen molar-refractivity contribution in [3.8, 4) is 0 Å². The number of halogens is 9. The molecule has 1 rings (SSSR count). The van der Waals surface area contributed by atoms with Gasteiger partial charge in [0.25, 0.3) is 0 Å². The van der Waals surface area contributed by atoms with Gasteiger partial charge in [0.15, 0.2) is 0 Å². The molecule has 0 saturated carbocycles. The van der Waals surface area contributed by atoms with Gasteiger partial charge < -0.3 is 5.11 Å². The molecule has 1 aromatic carbocycles. The molecule has 0 amide bonds. The first-order chi connectivity index (χ1) is 9.98. The second-order valence-electron chi connectivity index (χ2n) is 5.33. The van der Waals surface area contributed by atoms with Crippen LogP contribution in [0.3, 0.4) is 0 Å². The van der Waals surface area contributed by atoms with Crippen LogP contribution in [0.2, 0.25) is 0 Å². The molecule has 0 aliphatic heterocycles. The summed E-state index contributed by atoms with van der Waals surface area (Å²) in [6.45, 7) is 1.78. The number of rotatable bonds is 4. The van der Waals surface area contributed by atoms with Gasteiger partial charge in [-0.3, -0.25) is 0 Å². The minimum atomic E-state index is -6.98. The van der Waals surface area contributed by atoms with Crippen molar-refractivity contribution in [2.75, 3.05) is 0 Å². The number of aliphatic hydroxyl groups is 1. The molecule has 23 heavy (non-hydrogen) atoms. The maximum atomic E-state index is 13.9. The van der Waals surface area contributed by atoms with Crippen LogP contribution in [-0.4, -0.2) is 23.1 Å². The van der Waals surface area contributed by atoms with E-state index in [1.807, 2.05) is 0 Å². The molecule has 0 fully saturated rings. The number of alkyl halides is 9. The minimum absolute atomic E-state index is 0.258. The van der Waals surface area contributed by atoms with Crippen LogP contribution in [0.25, 0.3) is 0 Å². The molecule has 132 valence electrons. The van der Waals surface area contributed by atoms with Gasteiger partial charge in [0.1, 0.15) is 0 Å². The topological polar surface area (TPSA) is 20.2 Å². The lowest BCUT2D eigenvalue weighted by Crippen LogP contribution is -2.59. The summed E-state index contributed by atoms with van der Waals surface area (Å²) >= 11 is 0. The summed E-state index contributed by atoms with van der Waals surface area (Å²) in [5.74, 6) is -19.6. The molecule has 0 saturated heterocycles. The van der Waals surface area contributed by atoms with Crippen molar-refractivity contribution in [1.29, 1.82) is 0 Å². The largest absolute Gasteiger partial charge is 0.460 e. The van der Waals surface area contributed by atoms with Crippen molar-refractivity contribution in [2.45, 2.75) is 43.4 Å². The summed E-state index contributed by atoms with van der Waals surface area (Å²) in [6.07, 6.45) is -6.89. The maximum absolute atomic E-state index is 13.9. The zero-order valence-electron chi connectivity index (χ0n) is 11.7. The second kappa shape index (κ2) is 5.29. The van der Waals surface area contributed by atoms with Crippen molar-refractivity contribution in [1.82, 2.24) is 0 Å². The average Bonchev–Trinajstić information content (AvgIpc) is 2.36. The molecule has 0 bridgehead atoms. The van der Waals surface area contributed by atoms with Crippen LogP contribution in [0, 0.1) is 0 Å². The maximum Gasteiger partial charge on any atom is 0.460 e. The quantitative estimate of drug-likeness (QED) is 0.768. The van der Waals surface area contributed by atoms with E-state index in [-0.39, 0.29) is 6.07 Å². The van der Waals surface area contributed by atoms with Crippen LogP contribution in [0.1, 0.15) is 25.0 Å². The van der Waals surface area contributed by atoms with Gasteiger partial charge in [-0.1, -0.05) is 24.3 Å². The Bertz CT molecular complexity index is 570. The Hall–Kier alpha value is -1.45. The molecular weight excluding hydrogens is 343 g/mol. The lowest BCUT2D eigenvalue weighted by atomic mass is 9.86. The number of hydrogen-bond donors (Lipinski definition) is 1. The average molecular weight is 354 g/mol. The first-order valence-corrected chi connectivity index (χ1v) is 6.00. The Morgan fingerprint density at radius 3 is 1.43 bits per heavy atom. The third kappa shape index (κ3) is 3.00. The van der Waals surface area contributed by atoms with E-state index in [1.54, 1.807) is 0 Å². The molecule has 10 heteroatoms. The van der Waals surface area contributed by atoms with Crippen molar-refractivity contribution >= 4 is 0 Å². The third-order valence-corrected chi connectivity index (χ3v) is 3.07. The summed E-state index contributed by atoms with van der Waals surface area (Å²) in [4.78, 5) is 0. The van der Waals surface area contributed by atoms with Gasteiger partial charge in [-0.2, -0.15) is 39.5 Å². The predicted molar refractivity (Wildman–Crippen MR) is 61.5 cm³/mol. The second-order valence-corrected chi connectivity index (χ2v) is 5.33. The van der Waals surface area contributed by atoms with E-state index < -0.39 is 40.7 Å². The minimum Gasteiger partial charge on any atom is -0.386 e. The summed E-state index contributed by atoms with van der Waals surface area (Å²) in [5.41, 5.74) is -4.90. The van der Waals surface area contributed by atoms with E-state index in [0.717, 1.165) is 32.0 Å². The molecule has 1 aromatic rings. The van der Waals surface area contributed by atoms with Crippen molar-refractivity contribution < 1.29 is 44.6 Å². The standard InChI is InChI=1S/C13H11F9O/c1-9(2,23)7-5-3-4-6-8(7)10(14,15)11(16,17)12(18,19)13(20,21)22/h3-6,23H,1-2H3. The number of benzene rings is 1. The Labute approximate surface area is 124 Å². The fourth-order valence-corrected chi connectivity index (χ4v) is 1.83. The van der Waals surface area contributed by atoms with Crippen molar-refractivity contribution in [2.24, 2.45) is 0 Å². The summed E-state index contributed by atoms with van der Waals surface area (Å²) in [6, 6.07) is 2.77. The van der Waals surface area contributed by atoms with E-state index in [0.29, 0.717) is 0 Å². The first-order valence-electron chi connectivity index (χ1n) is 6.00. The molecule has 0 aliphatic carbocycles.